The zero-order valence-electron chi connectivity index (χ0n) is 11.9. The molecule has 0 bridgehead atoms. The third-order valence-corrected chi connectivity index (χ3v) is 4.01. The number of rotatable bonds is 2. The van der Waals surface area contributed by atoms with Gasteiger partial charge in [-0.15, -0.1) is 0 Å². The van der Waals surface area contributed by atoms with E-state index < -0.39 is 0 Å². The minimum Gasteiger partial charge on any atom is -0.487 e. The number of aliphatic hydroxyl groups is 1. The minimum atomic E-state index is -0.148. The van der Waals surface area contributed by atoms with Crippen LogP contribution in [0.2, 0.25) is 0 Å². The van der Waals surface area contributed by atoms with Crippen molar-refractivity contribution in [3.63, 3.8) is 0 Å². The second-order valence-corrected chi connectivity index (χ2v) is 6.51. The van der Waals surface area contributed by atoms with E-state index in [1.807, 2.05) is 0 Å². The van der Waals surface area contributed by atoms with Gasteiger partial charge in [-0.2, -0.15) is 0 Å². The van der Waals surface area contributed by atoms with Gasteiger partial charge in [0.25, 0.3) is 0 Å². The molecule has 2 aliphatic rings. The standard InChI is InChI=1S/C16H23NO2/c1-16(2)9-13-8-12(5-6-15(13)19-16)10-17-7-3-4-14(18)11-17/h5-6,8,14,18H,3-4,7,9-11H2,1-2H3. The minimum absolute atomic E-state index is 0.0672. The number of aliphatic hydroxyl groups excluding tert-OH is 1. The first kappa shape index (κ1) is 12.9. The highest BCUT2D eigenvalue weighted by molar-refractivity contribution is 5.41. The first-order valence-corrected chi connectivity index (χ1v) is 7.23. The van der Waals surface area contributed by atoms with Gasteiger partial charge in [0.05, 0.1) is 6.10 Å². The molecular formula is C16H23NO2. The van der Waals surface area contributed by atoms with E-state index in [0.717, 1.165) is 44.6 Å². The summed E-state index contributed by atoms with van der Waals surface area (Å²) in [5.41, 5.74) is 2.58. The summed E-state index contributed by atoms with van der Waals surface area (Å²) in [5.74, 6) is 1.03. The van der Waals surface area contributed by atoms with Crippen molar-refractivity contribution in [1.29, 1.82) is 0 Å². The Kier molecular flexibility index (Phi) is 3.27. The molecule has 1 N–H and O–H groups in total. The summed E-state index contributed by atoms with van der Waals surface area (Å²) in [5, 5.41) is 9.72. The summed E-state index contributed by atoms with van der Waals surface area (Å²) in [4.78, 5) is 2.34. The number of ether oxygens (including phenoxy) is 1. The molecule has 3 nitrogen and oxygen atoms in total. The Morgan fingerprint density at radius 3 is 3.05 bits per heavy atom. The van der Waals surface area contributed by atoms with Crippen LogP contribution >= 0.6 is 0 Å². The summed E-state index contributed by atoms with van der Waals surface area (Å²) < 4.78 is 5.90. The van der Waals surface area contributed by atoms with E-state index >= 15 is 0 Å². The Morgan fingerprint density at radius 2 is 2.26 bits per heavy atom. The Bertz CT molecular complexity index is 470. The number of likely N-dealkylation sites (tertiary alicyclic amines) is 1. The van der Waals surface area contributed by atoms with Crippen molar-refractivity contribution in [3.8, 4) is 5.75 Å². The largest absolute Gasteiger partial charge is 0.487 e. The van der Waals surface area contributed by atoms with Crippen LogP contribution in [0.25, 0.3) is 0 Å². The number of hydrogen-bond acceptors (Lipinski definition) is 3. The molecule has 0 aliphatic carbocycles. The second-order valence-electron chi connectivity index (χ2n) is 6.51. The number of hydrogen-bond donors (Lipinski definition) is 1. The van der Waals surface area contributed by atoms with Crippen molar-refractivity contribution in [3.05, 3.63) is 29.3 Å². The van der Waals surface area contributed by atoms with Gasteiger partial charge < -0.3 is 9.84 Å². The number of piperidine rings is 1. The van der Waals surface area contributed by atoms with E-state index in [-0.39, 0.29) is 11.7 Å². The van der Waals surface area contributed by atoms with E-state index in [9.17, 15) is 5.11 Å². The van der Waals surface area contributed by atoms with E-state index in [4.69, 9.17) is 4.74 Å². The van der Waals surface area contributed by atoms with E-state index in [1.165, 1.54) is 11.1 Å². The fraction of sp³-hybridized carbons (Fsp3) is 0.625. The highest BCUT2D eigenvalue weighted by Crippen LogP contribution is 2.35. The Hall–Kier alpha value is -1.06. The maximum absolute atomic E-state index is 9.72. The normalized spacial score (nSPS) is 25.9. The number of β-amino-alcohol motifs (C(OH)–C–C–N with tert-alkyl or cyclic N) is 1. The molecule has 2 aliphatic heterocycles. The molecule has 19 heavy (non-hydrogen) atoms. The van der Waals surface area contributed by atoms with Gasteiger partial charge in [0, 0.05) is 19.5 Å². The van der Waals surface area contributed by atoms with Crippen molar-refractivity contribution < 1.29 is 9.84 Å². The van der Waals surface area contributed by atoms with Crippen LogP contribution in [0.4, 0.5) is 0 Å². The molecule has 1 fully saturated rings. The van der Waals surface area contributed by atoms with Gasteiger partial charge >= 0.3 is 0 Å². The molecule has 1 atom stereocenters. The summed E-state index contributed by atoms with van der Waals surface area (Å²) in [7, 11) is 0. The van der Waals surface area contributed by atoms with Crippen molar-refractivity contribution in [2.45, 2.75) is 51.4 Å². The average molecular weight is 261 g/mol. The molecule has 0 saturated carbocycles. The maximum atomic E-state index is 9.72. The average Bonchev–Trinajstić information content (AvgIpc) is 2.62. The summed E-state index contributed by atoms with van der Waals surface area (Å²) in [6, 6.07) is 6.52. The van der Waals surface area contributed by atoms with Crippen molar-refractivity contribution in [2.75, 3.05) is 13.1 Å². The van der Waals surface area contributed by atoms with Crippen molar-refractivity contribution in [2.24, 2.45) is 0 Å². The third-order valence-electron chi connectivity index (χ3n) is 4.01. The van der Waals surface area contributed by atoms with Crippen LogP contribution in [0, 0.1) is 0 Å². The predicted octanol–water partition coefficient (Wildman–Crippen LogP) is 2.36. The Balaban J connectivity index is 1.70. The molecule has 0 amide bonds. The van der Waals surface area contributed by atoms with Gasteiger partial charge in [-0.1, -0.05) is 12.1 Å². The van der Waals surface area contributed by atoms with Gasteiger partial charge in [-0.25, -0.2) is 0 Å². The molecule has 0 aromatic heterocycles. The molecule has 2 heterocycles. The molecule has 1 aromatic carbocycles. The molecule has 3 heteroatoms. The second kappa shape index (κ2) is 4.80. The fourth-order valence-corrected chi connectivity index (χ4v) is 3.19. The van der Waals surface area contributed by atoms with Crippen LogP contribution < -0.4 is 4.74 Å². The van der Waals surface area contributed by atoms with Crippen LogP contribution in [0.1, 0.15) is 37.8 Å². The predicted molar refractivity (Wildman–Crippen MR) is 75.4 cm³/mol. The van der Waals surface area contributed by atoms with Gasteiger partial charge in [0.1, 0.15) is 11.4 Å². The van der Waals surface area contributed by atoms with Gasteiger partial charge in [0.15, 0.2) is 0 Å². The number of benzene rings is 1. The fourth-order valence-electron chi connectivity index (χ4n) is 3.19. The monoisotopic (exact) mass is 261 g/mol. The number of fused-ring (bicyclic) bond motifs is 1. The summed E-state index contributed by atoms with van der Waals surface area (Å²) >= 11 is 0. The first-order chi connectivity index (χ1) is 9.02. The molecule has 3 rings (SSSR count). The third kappa shape index (κ3) is 2.93. The highest BCUT2D eigenvalue weighted by atomic mass is 16.5. The topological polar surface area (TPSA) is 32.7 Å². The number of nitrogens with zero attached hydrogens (tertiary/aromatic N) is 1. The van der Waals surface area contributed by atoms with Crippen LogP contribution in [-0.2, 0) is 13.0 Å². The molecule has 1 aromatic rings. The summed E-state index contributed by atoms with van der Waals surface area (Å²) in [6.45, 7) is 7.10. The SMILES string of the molecule is CC1(C)Cc2cc(CN3CCCC(O)C3)ccc2O1. The smallest absolute Gasteiger partial charge is 0.123 e. The lowest BCUT2D eigenvalue weighted by Crippen LogP contribution is -2.37. The quantitative estimate of drug-likeness (QED) is 0.887. The molecule has 104 valence electrons. The van der Waals surface area contributed by atoms with Crippen LogP contribution in [-0.4, -0.2) is 34.8 Å². The Morgan fingerprint density at radius 1 is 1.42 bits per heavy atom. The van der Waals surface area contributed by atoms with Crippen molar-refractivity contribution in [1.82, 2.24) is 4.90 Å². The van der Waals surface area contributed by atoms with Crippen LogP contribution in [0.3, 0.4) is 0 Å². The van der Waals surface area contributed by atoms with Crippen LogP contribution in [0.15, 0.2) is 18.2 Å². The first-order valence-electron chi connectivity index (χ1n) is 7.23. The highest BCUT2D eigenvalue weighted by Gasteiger charge is 2.30. The van der Waals surface area contributed by atoms with E-state index in [0.29, 0.717) is 0 Å². The molecule has 0 radical (unpaired) electrons. The summed E-state index contributed by atoms with van der Waals surface area (Å²) in [6.07, 6.45) is 2.88. The molecule has 1 saturated heterocycles. The van der Waals surface area contributed by atoms with Gasteiger partial charge in [0.2, 0.25) is 0 Å². The van der Waals surface area contributed by atoms with E-state index in [2.05, 4.69) is 36.9 Å². The van der Waals surface area contributed by atoms with Crippen LogP contribution in [0.5, 0.6) is 5.75 Å². The van der Waals surface area contributed by atoms with Gasteiger partial charge in [-0.3, -0.25) is 4.90 Å². The van der Waals surface area contributed by atoms with Gasteiger partial charge in [-0.05, 0) is 50.4 Å². The molecule has 0 spiro atoms. The zero-order chi connectivity index (χ0) is 13.5. The maximum Gasteiger partial charge on any atom is 0.123 e. The zero-order valence-corrected chi connectivity index (χ0v) is 11.9. The lowest BCUT2D eigenvalue weighted by molar-refractivity contribution is 0.0668. The lowest BCUT2D eigenvalue weighted by atomic mass is 10.00. The van der Waals surface area contributed by atoms with E-state index in [1.54, 1.807) is 0 Å². The molecule has 1 unspecified atom stereocenters. The molecular weight excluding hydrogens is 238 g/mol. The van der Waals surface area contributed by atoms with Crippen molar-refractivity contribution >= 4 is 0 Å². The Labute approximate surface area is 115 Å². The lowest BCUT2D eigenvalue weighted by Gasteiger charge is -2.30.